The Bertz CT molecular complexity index is 549. The van der Waals surface area contributed by atoms with Crippen molar-refractivity contribution in [2.45, 2.75) is 33.1 Å². The summed E-state index contributed by atoms with van der Waals surface area (Å²) in [6.07, 6.45) is 2.82. The van der Waals surface area contributed by atoms with Gasteiger partial charge in [0.15, 0.2) is 0 Å². The van der Waals surface area contributed by atoms with Crippen LogP contribution >= 0.6 is 11.3 Å². The van der Waals surface area contributed by atoms with Crippen LogP contribution in [-0.2, 0) is 16.0 Å². The number of esters is 1. The van der Waals surface area contributed by atoms with Gasteiger partial charge in [0.2, 0.25) is 0 Å². The quantitative estimate of drug-likeness (QED) is 0.466. The van der Waals surface area contributed by atoms with Gasteiger partial charge >= 0.3 is 5.97 Å². The highest BCUT2D eigenvalue weighted by Crippen LogP contribution is 2.38. The molecule has 1 aliphatic rings. The van der Waals surface area contributed by atoms with E-state index in [0.29, 0.717) is 6.61 Å². The zero-order valence-corrected chi connectivity index (χ0v) is 11.4. The number of nitrogens with zero attached hydrogens (tertiary/aromatic N) is 1. The van der Waals surface area contributed by atoms with Crippen molar-refractivity contribution in [1.29, 1.82) is 5.26 Å². The number of rotatable bonds is 2. The van der Waals surface area contributed by atoms with Crippen molar-refractivity contribution >= 4 is 22.9 Å². The smallest absolute Gasteiger partial charge is 0.349 e. The molecule has 0 aromatic carbocycles. The molecule has 1 heterocycles. The minimum Gasteiger partial charge on any atom is -0.462 e. The van der Waals surface area contributed by atoms with E-state index in [0.717, 1.165) is 30.4 Å². The summed E-state index contributed by atoms with van der Waals surface area (Å²) in [5.74, 6) is -0.494. The molecule has 0 N–H and O–H groups in total. The lowest BCUT2D eigenvalue weighted by Crippen LogP contribution is -2.10. The first-order valence-corrected chi connectivity index (χ1v) is 6.89. The van der Waals surface area contributed by atoms with Crippen molar-refractivity contribution in [3.63, 3.8) is 0 Å². The summed E-state index contributed by atoms with van der Waals surface area (Å²) < 4.78 is 4.95. The standard InChI is InChI=1S/C14H15NO2S/c1-3-17-14(16)12(8-15)10-5-4-6-13-11(10)7-9(2)18-13/h7H,3-6H2,1-2H3/b12-10+. The number of carbonyl (C=O) groups excluding carboxylic acids is 1. The summed E-state index contributed by atoms with van der Waals surface area (Å²) >= 11 is 1.75. The van der Waals surface area contributed by atoms with E-state index in [9.17, 15) is 10.1 Å². The van der Waals surface area contributed by atoms with Gasteiger partial charge in [-0.2, -0.15) is 5.26 Å². The maximum atomic E-state index is 11.8. The van der Waals surface area contributed by atoms with Gasteiger partial charge in [-0.05, 0) is 50.3 Å². The topological polar surface area (TPSA) is 50.1 Å². The second-order valence-corrected chi connectivity index (χ2v) is 5.57. The third kappa shape index (κ3) is 2.32. The van der Waals surface area contributed by atoms with Gasteiger partial charge in [-0.15, -0.1) is 11.3 Å². The molecular formula is C14H15NO2S. The van der Waals surface area contributed by atoms with Crippen LogP contribution in [0.4, 0.5) is 0 Å². The molecule has 0 spiro atoms. The Morgan fingerprint density at radius 2 is 2.33 bits per heavy atom. The van der Waals surface area contributed by atoms with Crippen molar-refractivity contribution in [1.82, 2.24) is 0 Å². The highest BCUT2D eigenvalue weighted by Gasteiger charge is 2.24. The van der Waals surface area contributed by atoms with Crippen LogP contribution in [0.3, 0.4) is 0 Å². The molecule has 18 heavy (non-hydrogen) atoms. The molecule has 2 rings (SSSR count). The highest BCUT2D eigenvalue weighted by molar-refractivity contribution is 7.12. The van der Waals surface area contributed by atoms with Crippen LogP contribution in [0, 0.1) is 18.3 Å². The number of hydrogen-bond donors (Lipinski definition) is 0. The molecule has 0 atom stereocenters. The zero-order chi connectivity index (χ0) is 13.1. The lowest BCUT2D eigenvalue weighted by atomic mass is 9.89. The summed E-state index contributed by atoms with van der Waals surface area (Å²) in [4.78, 5) is 14.3. The van der Waals surface area contributed by atoms with Crippen LogP contribution in [-0.4, -0.2) is 12.6 Å². The normalized spacial score (nSPS) is 16.7. The van der Waals surface area contributed by atoms with Crippen molar-refractivity contribution in [3.8, 4) is 6.07 Å². The molecule has 3 nitrogen and oxygen atoms in total. The molecule has 1 aliphatic carbocycles. The van der Waals surface area contributed by atoms with Crippen LogP contribution in [0.5, 0.6) is 0 Å². The minimum atomic E-state index is -0.494. The fraction of sp³-hybridized carbons (Fsp3) is 0.429. The summed E-state index contributed by atoms with van der Waals surface area (Å²) in [7, 11) is 0. The van der Waals surface area contributed by atoms with E-state index in [1.807, 2.05) is 6.07 Å². The molecule has 0 saturated heterocycles. The molecule has 0 amide bonds. The molecule has 0 fully saturated rings. The number of thiophene rings is 1. The Hall–Kier alpha value is -1.60. The Balaban J connectivity index is 2.49. The van der Waals surface area contributed by atoms with E-state index in [4.69, 9.17) is 4.74 Å². The number of allylic oxidation sites excluding steroid dienone is 1. The van der Waals surface area contributed by atoms with Crippen LogP contribution in [0.15, 0.2) is 11.6 Å². The summed E-state index contributed by atoms with van der Waals surface area (Å²) in [6, 6.07) is 4.09. The van der Waals surface area contributed by atoms with Gasteiger partial charge in [-0.3, -0.25) is 0 Å². The average molecular weight is 261 g/mol. The first-order valence-electron chi connectivity index (χ1n) is 6.07. The predicted molar refractivity (Wildman–Crippen MR) is 71.2 cm³/mol. The zero-order valence-electron chi connectivity index (χ0n) is 10.6. The number of ether oxygens (including phenoxy) is 1. The monoisotopic (exact) mass is 261 g/mol. The molecule has 0 radical (unpaired) electrons. The molecule has 4 heteroatoms. The van der Waals surface area contributed by atoms with Gasteiger partial charge in [0.1, 0.15) is 11.6 Å². The maximum Gasteiger partial charge on any atom is 0.349 e. The van der Waals surface area contributed by atoms with E-state index in [1.54, 1.807) is 18.3 Å². The lowest BCUT2D eigenvalue weighted by molar-refractivity contribution is -0.137. The molecule has 1 aromatic heterocycles. The van der Waals surface area contributed by atoms with Crippen molar-refractivity contribution < 1.29 is 9.53 Å². The van der Waals surface area contributed by atoms with Gasteiger partial charge in [0.05, 0.1) is 6.61 Å². The van der Waals surface area contributed by atoms with Crippen LogP contribution in [0.1, 0.15) is 35.1 Å². The second kappa shape index (κ2) is 5.36. The Kier molecular flexibility index (Phi) is 3.83. The first-order chi connectivity index (χ1) is 8.67. The molecular weight excluding hydrogens is 246 g/mol. The molecule has 1 aromatic rings. The van der Waals surface area contributed by atoms with Crippen LogP contribution in [0.2, 0.25) is 0 Å². The van der Waals surface area contributed by atoms with Crippen molar-refractivity contribution in [2.24, 2.45) is 0 Å². The molecule has 94 valence electrons. The third-order valence-corrected chi connectivity index (χ3v) is 4.09. The number of hydrogen-bond acceptors (Lipinski definition) is 4. The van der Waals surface area contributed by atoms with Crippen LogP contribution < -0.4 is 0 Å². The molecule has 0 aliphatic heterocycles. The Morgan fingerprint density at radius 1 is 1.56 bits per heavy atom. The Labute approximate surface area is 111 Å². The fourth-order valence-electron chi connectivity index (χ4n) is 2.26. The number of nitriles is 1. The lowest BCUT2D eigenvalue weighted by Gasteiger charge is -2.16. The number of fused-ring (bicyclic) bond motifs is 1. The molecule has 0 unspecified atom stereocenters. The summed E-state index contributed by atoms with van der Waals surface area (Å²) in [6.45, 7) is 4.10. The van der Waals surface area contributed by atoms with Crippen molar-refractivity contribution in [3.05, 3.63) is 27.0 Å². The first kappa shape index (κ1) is 12.8. The predicted octanol–water partition coefficient (Wildman–Crippen LogP) is 3.23. The van der Waals surface area contributed by atoms with Gasteiger partial charge in [0, 0.05) is 9.75 Å². The third-order valence-electron chi connectivity index (χ3n) is 2.98. The van der Waals surface area contributed by atoms with Gasteiger partial charge in [-0.25, -0.2) is 4.79 Å². The van der Waals surface area contributed by atoms with Crippen molar-refractivity contribution in [2.75, 3.05) is 6.61 Å². The summed E-state index contributed by atoms with van der Waals surface area (Å²) in [5, 5.41) is 9.20. The van der Waals surface area contributed by atoms with E-state index in [2.05, 4.69) is 13.0 Å². The molecule has 0 bridgehead atoms. The van der Waals surface area contributed by atoms with Gasteiger partial charge in [-0.1, -0.05) is 0 Å². The second-order valence-electron chi connectivity index (χ2n) is 4.23. The highest BCUT2D eigenvalue weighted by atomic mass is 32.1. The molecule has 0 saturated carbocycles. The van der Waals surface area contributed by atoms with E-state index < -0.39 is 5.97 Å². The minimum absolute atomic E-state index is 0.176. The number of carbonyl (C=O) groups is 1. The van der Waals surface area contributed by atoms with Gasteiger partial charge in [0.25, 0.3) is 0 Å². The maximum absolute atomic E-state index is 11.8. The Morgan fingerprint density at radius 3 is 3.00 bits per heavy atom. The SMILES string of the molecule is CCOC(=O)/C(C#N)=C1\CCCc2sc(C)cc21. The fourth-order valence-corrected chi connectivity index (χ4v) is 3.37. The van der Waals surface area contributed by atoms with Gasteiger partial charge < -0.3 is 4.74 Å². The van der Waals surface area contributed by atoms with Crippen LogP contribution in [0.25, 0.3) is 5.57 Å². The summed E-state index contributed by atoms with van der Waals surface area (Å²) in [5.41, 5.74) is 2.12. The van der Waals surface area contributed by atoms with E-state index in [-0.39, 0.29) is 5.57 Å². The average Bonchev–Trinajstić information content (AvgIpc) is 2.71. The largest absolute Gasteiger partial charge is 0.462 e. The van der Waals surface area contributed by atoms with E-state index >= 15 is 0 Å². The van der Waals surface area contributed by atoms with E-state index in [1.165, 1.54) is 9.75 Å². The number of aryl methyl sites for hydroxylation is 2.